The molecule has 4 rings (SSSR count). The number of urea groups is 1. The number of aliphatic hydroxyl groups is 1. The first-order valence-electron chi connectivity index (χ1n) is 9.69. The third kappa shape index (κ3) is 4.27. The number of amides is 2. The standard InChI is InChI=1S/C22H23ClN4O3/c1-22(2,29)14-5-3-6-15(13-14)27-11-9-19(26-27)25-21(28)24-18-10-12-30-20-16(18)7-4-8-17(20)23/h3-9,11,13,18,29H,10,12H2,1-2H3,(H2,24,25,26,28)/t18-/m0/s1. The van der Waals surface area contributed by atoms with Crippen LogP contribution in [0.2, 0.25) is 5.02 Å². The van der Waals surface area contributed by atoms with Crippen molar-refractivity contribution in [2.75, 3.05) is 11.9 Å². The highest BCUT2D eigenvalue weighted by Gasteiger charge is 2.25. The second-order valence-electron chi connectivity index (χ2n) is 7.70. The van der Waals surface area contributed by atoms with Gasteiger partial charge in [-0.15, -0.1) is 5.10 Å². The van der Waals surface area contributed by atoms with E-state index in [1.165, 1.54) is 0 Å². The van der Waals surface area contributed by atoms with Gasteiger partial charge >= 0.3 is 6.03 Å². The molecule has 0 radical (unpaired) electrons. The van der Waals surface area contributed by atoms with Crippen LogP contribution >= 0.6 is 11.6 Å². The molecule has 2 amide bonds. The summed E-state index contributed by atoms with van der Waals surface area (Å²) in [5, 5.41) is 20.9. The fraction of sp³-hybridized carbons (Fsp3) is 0.273. The molecule has 0 aliphatic carbocycles. The van der Waals surface area contributed by atoms with E-state index in [0.717, 1.165) is 16.8 Å². The number of rotatable bonds is 4. The summed E-state index contributed by atoms with van der Waals surface area (Å²) in [5.74, 6) is 1.03. The van der Waals surface area contributed by atoms with Crippen LogP contribution in [0.25, 0.3) is 5.69 Å². The van der Waals surface area contributed by atoms with Gasteiger partial charge in [0.05, 0.1) is 29.0 Å². The van der Waals surface area contributed by atoms with E-state index in [1.54, 1.807) is 36.9 Å². The first-order valence-corrected chi connectivity index (χ1v) is 10.1. The van der Waals surface area contributed by atoms with E-state index < -0.39 is 5.60 Å². The van der Waals surface area contributed by atoms with Gasteiger partial charge in [-0.2, -0.15) is 0 Å². The fourth-order valence-corrected chi connectivity index (χ4v) is 3.65. The lowest BCUT2D eigenvalue weighted by Gasteiger charge is -2.27. The van der Waals surface area contributed by atoms with Crippen LogP contribution in [0.1, 0.15) is 37.4 Å². The topological polar surface area (TPSA) is 88.4 Å². The highest BCUT2D eigenvalue weighted by molar-refractivity contribution is 6.32. The van der Waals surface area contributed by atoms with Gasteiger partial charge in [-0.05, 0) is 37.6 Å². The van der Waals surface area contributed by atoms with Crippen LogP contribution in [0.4, 0.5) is 10.6 Å². The highest BCUT2D eigenvalue weighted by Crippen LogP contribution is 2.37. The summed E-state index contributed by atoms with van der Waals surface area (Å²) < 4.78 is 7.28. The second kappa shape index (κ2) is 8.01. The van der Waals surface area contributed by atoms with E-state index in [1.807, 2.05) is 36.4 Å². The van der Waals surface area contributed by atoms with Crippen molar-refractivity contribution in [2.24, 2.45) is 0 Å². The third-order valence-electron chi connectivity index (χ3n) is 4.98. The van der Waals surface area contributed by atoms with Gasteiger partial charge in [0.25, 0.3) is 0 Å². The predicted octanol–water partition coefficient (Wildman–Crippen LogP) is 4.40. The number of ether oxygens (including phenoxy) is 1. The van der Waals surface area contributed by atoms with Crippen LogP contribution in [0.15, 0.2) is 54.7 Å². The molecule has 0 fully saturated rings. The predicted molar refractivity (Wildman–Crippen MR) is 115 cm³/mol. The molecule has 1 aliphatic heterocycles. The number of carbonyl (C=O) groups excluding carboxylic acids is 1. The lowest BCUT2D eigenvalue weighted by molar-refractivity contribution is 0.0786. The number of fused-ring (bicyclic) bond motifs is 1. The number of hydrogen-bond donors (Lipinski definition) is 3. The molecular weight excluding hydrogens is 404 g/mol. The number of hydrogen-bond acceptors (Lipinski definition) is 4. The maximum atomic E-state index is 12.5. The third-order valence-corrected chi connectivity index (χ3v) is 5.28. The quantitative estimate of drug-likeness (QED) is 0.577. The molecule has 156 valence electrons. The molecule has 7 nitrogen and oxygen atoms in total. The SMILES string of the molecule is CC(C)(O)c1cccc(-n2ccc(NC(=O)N[C@H]3CCOc4c(Cl)cccc43)n2)c1. The Hall–Kier alpha value is -3.03. The number of anilines is 1. The second-order valence-corrected chi connectivity index (χ2v) is 8.11. The van der Waals surface area contributed by atoms with Gasteiger partial charge in [0, 0.05) is 24.2 Å². The Balaban J connectivity index is 1.45. The normalized spacial score (nSPS) is 15.8. The first-order chi connectivity index (χ1) is 14.3. The minimum absolute atomic E-state index is 0.196. The first kappa shape index (κ1) is 20.3. The monoisotopic (exact) mass is 426 g/mol. The van der Waals surface area contributed by atoms with E-state index in [9.17, 15) is 9.90 Å². The minimum atomic E-state index is -0.951. The van der Waals surface area contributed by atoms with E-state index in [2.05, 4.69) is 15.7 Å². The number of halogens is 1. The molecule has 1 atom stereocenters. The summed E-state index contributed by atoms with van der Waals surface area (Å²) in [4.78, 5) is 12.5. The zero-order chi connectivity index (χ0) is 21.3. The molecule has 0 spiro atoms. The van der Waals surface area contributed by atoms with Crippen molar-refractivity contribution in [3.63, 3.8) is 0 Å². The van der Waals surface area contributed by atoms with Gasteiger partial charge in [0.1, 0.15) is 5.75 Å². The molecule has 2 heterocycles. The largest absolute Gasteiger partial charge is 0.492 e. The number of aromatic nitrogens is 2. The highest BCUT2D eigenvalue weighted by atomic mass is 35.5. The van der Waals surface area contributed by atoms with Crippen molar-refractivity contribution < 1.29 is 14.6 Å². The van der Waals surface area contributed by atoms with Gasteiger partial charge in [0.15, 0.2) is 5.82 Å². The van der Waals surface area contributed by atoms with Crippen molar-refractivity contribution >= 4 is 23.4 Å². The number of nitrogens with one attached hydrogen (secondary N) is 2. The molecular formula is C22H23ClN4O3. The zero-order valence-electron chi connectivity index (χ0n) is 16.7. The summed E-state index contributed by atoms with van der Waals surface area (Å²) in [6, 6.07) is 14.1. The lowest BCUT2D eigenvalue weighted by atomic mass is 9.98. The molecule has 0 saturated heterocycles. The summed E-state index contributed by atoms with van der Waals surface area (Å²) in [6.07, 6.45) is 2.40. The van der Waals surface area contributed by atoms with E-state index in [4.69, 9.17) is 16.3 Å². The number of benzene rings is 2. The Morgan fingerprint density at radius 1 is 1.27 bits per heavy atom. The number of nitrogens with zero attached hydrogens (tertiary/aromatic N) is 2. The van der Waals surface area contributed by atoms with Crippen LogP contribution in [-0.2, 0) is 5.60 Å². The molecule has 0 bridgehead atoms. The molecule has 1 aromatic heterocycles. The van der Waals surface area contributed by atoms with Gasteiger partial charge in [-0.1, -0.05) is 35.9 Å². The lowest BCUT2D eigenvalue weighted by Crippen LogP contribution is -2.35. The molecule has 3 aromatic rings. The maximum Gasteiger partial charge on any atom is 0.320 e. The van der Waals surface area contributed by atoms with Crippen LogP contribution < -0.4 is 15.4 Å². The van der Waals surface area contributed by atoms with Crippen molar-refractivity contribution in [1.82, 2.24) is 15.1 Å². The smallest absolute Gasteiger partial charge is 0.320 e. The van der Waals surface area contributed by atoms with Crippen LogP contribution in [0, 0.1) is 0 Å². The molecule has 30 heavy (non-hydrogen) atoms. The minimum Gasteiger partial charge on any atom is -0.492 e. The Morgan fingerprint density at radius 3 is 2.87 bits per heavy atom. The molecule has 2 aromatic carbocycles. The van der Waals surface area contributed by atoms with Crippen LogP contribution in [0.3, 0.4) is 0 Å². The van der Waals surface area contributed by atoms with Gasteiger partial charge in [0.2, 0.25) is 0 Å². The fourth-order valence-electron chi connectivity index (χ4n) is 3.41. The Morgan fingerprint density at radius 2 is 2.07 bits per heavy atom. The summed E-state index contributed by atoms with van der Waals surface area (Å²) >= 11 is 6.19. The Labute approximate surface area is 179 Å². The molecule has 1 aliphatic rings. The van der Waals surface area contributed by atoms with Gasteiger partial charge < -0.3 is 15.2 Å². The average Bonchev–Trinajstić information content (AvgIpc) is 3.17. The van der Waals surface area contributed by atoms with E-state index >= 15 is 0 Å². The van der Waals surface area contributed by atoms with Crippen molar-refractivity contribution in [3.05, 3.63) is 70.9 Å². The molecule has 0 unspecified atom stereocenters. The summed E-state index contributed by atoms with van der Waals surface area (Å²) in [7, 11) is 0. The van der Waals surface area contributed by atoms with Crippen molar-refractivity contribution in [3.8, 4) is 11.4 Å². The number of carbonyl (C=O) groups is 1. The van der Waals surface area contributed by atoms with Crippen molar-refractivity contribution in [2.45, 2.75) is 31.9 Å². The van der Waals surface area contributed by atoms with Gasteiger partial charge in [-0.3, -0.25) is 5.32 Å². The Kier molecular flexibility index (Phi) is 5.40. The van der Waals surface area contributed by atoms with Crippen LogP contribution in [-0.4, -0.2) is 27.5 Å². The van der Waals surface area contributed by atoms with Crippen molar-refractivity contribution in [1.29, 1.82) is 0 Å². The van der Waals surface area contributed by atoms with E-state index in [-0.39, 0.29) is 12.1 Å². The average molecular weight is 427 g/mol. The van der Waals surface area contributed by atoms with E-state index in [0.29, 0.717) is 29.6 Å². The molecule has 3 N–H and O–H groups in total. The summed E-state index contributed by atoms with van der Waals surface area (Å²) in [5.41, 5.74) is 1.47. The molecule has 0 saturated carbocycles. The summed E-state index contributed by atoms with van der Waals surface area (Å²) in [6.45, 7) is 3.94. The van der Waals surface area contributed by atoms with Gasteiger partial charge in [-0.25, -0.2) is 9.48 Å². The Bertz CT molecular complexity index is 1070. The maximum absolute atomic E-state index is 12.5. The molecule has 8 heteroatoms. The van der Waals surface area contributed by atoms with Crippen LogP contribution in [0.5, 0.6) is 5.75 Å². The zero-order valence-corrected chi connectivity index (χ0v) is 17.5. The number of para-hydroxylation sites is 1.